The lowest BCUT2D eigenvalue weighted by molar-refractivity contribution is 0.0940. The van der Waals surface area contributed by atoms with Crippen molar-refractivity contribution in [1.82, 2.24) is 10.5 Å². The summed E-state index contributed by atoms with van der Waals surface area (Å²) in [6.07, 6.45) is 0. The number of fused-ring (bicyclic) bond motifs is 1. The van der Waals surface area contributed by atoms with Crippen molar-refractivity contribution in [3.63, 3.8) is 0 Å². The van der Waals surface area contributed by atoms with Crippen LogP contribution in [0.3, 0.4) is 0 Å². The van der Waals surface area contributed by atoms with Crippen LogP contribution in [0.4, 0.5) is 0 Å². The molecule has 4 heteroatoms. The van der Waals surface area contributed by atoms with Crippen LogP contribution in [0.1, 0.15) is 28.9 Å². The highest BCUT2D eigenvalue weighted by Gasteiger charge is 2.15. The standard InChI is InChI=1S/C22H18N2O2/c1-15(16-8-4-2-5-9-16)23-22(25)18-12-13-20-19(14-18)21(26-24-20)17-10-6-3-7-11-17/h2-15H,1H3,(H,23,25). The van der Waals surface area contributed by atoms with Gasteiger partial charge in [-0.2, -0.15) is 0 Å². The summed E-state index contributed by atoms with van der Waals surface area (Å²) in [5.41, 5.74) is 3.32. The van der Waals surface area contributed by atoms with Gasteiger partial charge in [0.2, 0.25) is 0 Å². The number of benzene rings is 3. The summed E-state index contributed by atoms with van der Waals surface area (Å²) in [5, 5.41) is 7.97. The second-order valence-electron chi connectivity index (χ2n) is 6.22. The predicted octanol–water partition coefficient (Wildman–Crippen LogP) is 4.99. The molecule has 4 nitrogen and oxygen atoms in total. The van der Waals surface area contributed by atoms with Crippen LogP contribution in [0.2, 0.25) is 0 Å². The zero-order chi connectivity index (χ0) is 17.9. The Morgan fingerprint density at radius 1 is 0.962 bits per heavy atom. The number of nitrogens with zero attached hydrogens (tertiary/aromatic N) is 1. The zero-order valence-electron chi connectivity index (χ0n) is 14.3. The Kier molecular flexibility index (Phi) is 4.23. The zero-order valence-corrected chi connectivity index (χ0v) is 14.3. The van der Waals surface area contributed by atoms with Crippen molar-refractivity contribution in [3.8, 4) is 11.3 Å². The molecule has 0 aliphatic heterocycles. The third kappa shape index (κ3) is 3.09. The van der Waals surface area contributed by atoms with E-state index < -0.39 is 0 Å². The second kappa shape index (κ2) is 6.84. The van der Waals surface area contributed by atoms with Gasteiger partial charge in [0.15, 0.2) is 5.76 Å². The smallest absolute Gasteiger partial charge is 0.251 e. The lowest BCUT2D eigenvalue weighted by atomic mass is 10.0. The van der Waals surface area contributed by atoms with Crippen LogP contribution >= 0.6 is 0 Å². The SMILES string of the molecule is CC(NC(=O)c1ccc2noc(-c3ccccc3)c2c1)c1ccccc1. The van der Waals surface area contributed by atoms with Crippen LogP contribution in [0.15, 0.2) is 83.4 Å². The summed E-state index contributed by atoms with van der Waals surface area (Å²) in [6.45, 7) is 1.97. The maximum absolute atomic E-state index is 12.7. The monoisotopic (exact) mass is 342 g/mol. The molecular weight excluding hydrogens is 324 g/mol. The average Bonchev–Trinajstić information content (AvgIpc) is 3.12. The highest BCUT2D eigenvalue weighted by molar-refractivity contribution is 6.01. The Morgan fingerprint density at radius 2 is 1.65 bits per heavy atom. The van der Waals surface area contributed by atoms with Crippen LogP contribution in [0.5, 0.6) is 0 Å². The van der Waals surface area contributed by atoms with Gasteiger partial charge in [-0.25, -0.2) is 0 Å². The molecule has 0 fully saturated rings. The lowest BCUT2D eigenvalue weighted by Gasteiger charge is -2.14. The molecule has 0 aliphatic carbocycles. The maximum Gasteiger partial charge on any atom is 0.251 e. The quantitative estimate of drug-likeness (QED) is 0.569. The van der Waals surface area contributed by atoms with Gasteiger partial charge in [0, 0.05) is 11.1 Å². The average molecular weight is 342 g/mol. The van der Waals surface area contributed by atoms with E-state index in [0.717, 1.165) is 22.0 Å². The highest BCUT2D eigenvalue weighted by Crippen LogP contribution is 2.29. The number of amides is 1. The molecule has 1 aromatic heterocycles. The molecule has 128 valence electrons. The van der Waals surface area contributed by atoms with E-state index in [1.165, 1.54) is 0 Å². The van der Waals surface area contributed by atoms with Gasteiger partial charge in [-0.15, -0.1) is 0 Å². The molecule has 26 heavy (non-hydrogen) atoms. The summed E-state index contributed by atoms with van der Waals surface area (Å²) < 4.78 is 5.50. The third-order valence-electron chi connectivity index (χ3n) is 4.42. The Hall–Kier alpha value is -3.40. The summed E-state index contributed by atoms with van der Waals surface area (Å²) in [4.78, 5) is 12.7. The lowest BCUT2D eigenvalue weighted by Crippen LogP contribution is -2.26. The summed E-state index contributed by atoms with van der Waals surface area (Å²) >= 11 is 0. The Bertz CT molecular complexity index is 1040. The molecule has 0 radical (unpaired) electrons. The molecule has 1 N–H and O–H groups in total. The van der Waals surface area contributed by atoms with E-state index in [1.807, 2.05) is 79.7 Å². The molecule has 0 bridgehead atoms. The van der Waals surface area contributed by atoms with E-state index in [0.29, 0.717) is 11.3 Å². The minimum atomic E-state index is -0.122. The van der Waals surface area contributed by atoms with Crippen LogP contribution in [-0.2, 0) is 0 Å². The summed E-state index contributed by atoms with van der Waals surface area (Å²) in [5.74, 6) is 0.551. The Balaban J connectivity index is 1.64. The van der Waals surface area contributed by atoms with Crippen LogP contribution in [-0.4, -0.2) is 11.1 Å². The van der Waals surface area contributed by atoms with Crippen molar-refractivity contribution in [3.05, 3.63) is 90.0 Å². The third-order valence-corrected chi connectivity index (χ3v) is 4.42. The fraction of sp³-hybridized carbons (Fsp3) is 0.0909. The number of nitrogens with one attached hydrogen (secondary N) is 1. The van der Waals surface area contributed by atoms with Crippen LogP contribution < -0.4 is 5.32 Å². The van der Waals surface area contributed by atoms with Gasteiger partial charge >= 0.3 is 0 Å². The Morgan fingerprint density at radius 3 is 2.38 bits per heavy atom. The predicted molar refractivity (Wildman–Crippen MR) is 102 cm³/mol. The van der Waals surface area contributed by atoms with E-state index in [1.54, 1.807) is 6.07 Å². The molecule has 0 saturated heterocycles. The van der Waals surface area contributed by atoms with Gasteiger partial charge in [0.25, 0.3) is 5.91 Å². The number of hydrogen-bond donors (Lipinski definition) is 1. The molecular formula is C22H18N2O2. The molecule has 1 atom stereocenters. The number of aromatic nitrogens is 1. The fourth-order valence-electron chi connectivity index (χ4n) is 2.99. The van der Waals surface area contributed by atoms with Crippen LogP contribution in [0.25, 0.3) is 22.2 Å². The van der Waals surface area contributed by atoms with Crippen molar-refractivity contribution in [2.45, 2.75) is 13.0 Å². The summed E-state index contributed by atoms with van der Waals surface area (Å²) in [7, 11) is 0. The van der Waals surface area contributed by atoms with Crippen molar-refractivity contribution in [2.24, 2.45) is 0 Å². The van der Waals surface area contributed by atoms with Crippen molar-refractivity contribution < 1.29 is 9.32 Å². The fourth-order valence-corrected chi connectivity index (χ4v) is 2.99. The van der Waals surface area contributed by atoms with Crippen molar-refractivity contribution >= 4 is 16.8 Å². The van der Waals surface area contributed by atoms with Crippen LogP contribution in [0, 0.1) is 0 Å². The summed E-state index contributed by atoms with van der Waals surface area (Å²) in [6, 6.07) is 25.0. The van der Waals surface area contributed by atoms with Crippen molar-refractivity contribution in [1.29, 1.82) is 0 Å². The van der Waals surface area contributed by atoms with Gasteiger partial charge in [-0.05, 0) is 30.7 Å². The molecule has 4 aromatic rings. The molecule has 3 aromatic carbocycles. The van der Waals surface area contributed by atoms with Gasteiger partial charge in [-0.3, -0.25) is 4.79 Å². The Labute approximate surface area is 151 Å². The minimum absolute atomic E-state index is 0.0736. The largest absolute Gasteiger partial charge is 0.355 e. The van der Waals surface area contributed by atoms with E-state index in [4.69, 9.17) is 4.52 Å². The molecule has 4 rings (SSSR count). The molecule has 1 heterocycles. The number of rotatable bonds is 4. The molecule has 1 unspecified atom stereocenters. The molecule has 0 aliphatic rings. The first-order chi connectivity index (χ1) is 12.7. The molecule has 1 amide bonds. The van der Waals surface area contributed by atoms with E-state index in [9.17, 15) is 4.79 Å². The van der Waals surface area contributed by atoms with E-state index in [-0.39, 0.29) is 11.9 Å². The second-order valence-corrected chi connectivity index (χ2v) is 6.22. The van der Waals surface area contributed by atoms with Gasteiger partial charge in [0.05, 0.1) is 11.4 Å². The van der Waals surface area contributed by atoms with Gasteiger partial charge < -0.3 is 9.84 Å². The first-order valence-electron chi connectivity index (χ1n) is 8.53. The van der Waals surface area contributed by atoms with Gasteiger partial charge in [0.1, 0.15) is 5.52 Å². The van der Waals surface area contributed by atoms with Gasteiger partial charge in [-0.1, -0.05) is 65.8 Å². The first kappa shape index (κ1) is 16.1. The normalized spacial score (nSPS) is 12.0. The topological polar surface area (TPSA) is 55.1 Å². The number of carbonyl (C=O) groups is 1. The van der Waals surface area contributed by atoms with E-state index >= 15 is 0 Å². The van der Waals surface area contributed by atoms with E-state index in [2.05, 4.69) is 10.5 Å². The number of hydrogen-bond acceptors (Lipinski definition) is 3. The first-order valence-corrected chi connectivity index (χ1v) is 8.53. The number of carbonyl (C=O) groups excluding carboxylic acids is 1. The molecule has 0 saturated carbocycles. The molecule has 0 spiro atoms. The highest BCUT2D eigenvalue weighted by atomic mass is 16.5. The minimum Gasteiger partial charge on any atom is -0.355 e. The maximum atomic E-state index is 12.7. The van der Waals surface area contributed by atoms with Crippen molar-refractivity contribution in [2.75, 3.05) is 0 Å².